The van der Waals surface area contributed by atoms with Gasteiger partial charge in [-0.15, -0.1) is 12.4 Å². The summed E-state index contributed by atoms with van der Waals surface area (Å²) in [5, 5.41) is 0. The highest BCUT2D eigenvalue weighted by Gasteiger charge is 2.13. The highest BCUT2D eigenvalue weighted by molar-refractivity contribution is 5.85. The standard InChI is InChI=1S/C18H31N.ClH/c1-6-7-8-9-17(12-19)11-18-15(4)13(2)10-14(3)16(18)5;/h10,17H,6-9,11-12,19H2,1-5H3;1H. The Morgan fingerprint density at radius 1 is 1.00 bits per heavy atom. The number of benzene rings is 1. The first-order valence-corrected chi connectivity index (χ1v) is 7.77. The van der Waals surface area contributed by atoms with Gasteiger partial charge in [-0.1, -0.05) is 32.3 Å². The van der Waals surface area contributed by atoms with E-state index in [-0.39, 0.29) is 12.4 Å². The quantitative estimate of drug-likeness (QED) is 0.701. The highest BCUT2D eigenvalue weighted by atomic mass is 35.5. The fourth-order valence-corrected chi connectivity index (χ4v) is 2.88. The summed E-state index contributed by atoms with van der Waals surface area (Å²) in [6.45, 7) is 12.0. The van der Waals surface area contributed by atoms with Crippen molar-refractivity contribution in [2.75, 3.05) is 6.54 Å². The van der Waals surface area contributed by atoms with Gasteiger partial charge >= 0.3 is 0 Å². The molecule has 1 aromatic rings. The van der Waals surface area contributed by atoms with Gasteiger partial charge in [0.1, 0.15) is 0 Å². The second-order valence-corrected chi connectivity index (χ2v) is 6.04. The molecule has 1 nitrogen and oxygen atoms in total. The third-order valence-corrected chi connectivity index (χ3v) is 4.56. The molecule has 0 saturated heterocycles. The third-order valence-electron chi connectivity index (χ3n) is 4.56. The Hall–Kier alpha value is -0.530. The first-order chi connectivity index (χ1) is 9.01. The monoisotopic (exact) mass is 297 g/mol. The molecule has 116 valence electrons. The van der Waals surface area contributed by atoms with E-state index in [1.807, 2.05) is 0 Å². The van der Waals surface area contributed by atoms with Crippen molar-refractivity contribution in [3.8, 4) is 0 Å². The van der Waals surface area contributed by atoms with Gasteiger partial charge in [0.25, 0.3) is 0 Å². The van der Waals surface area contributed by atoms with E-state index in [1.54, 1.807) is 5.56 Å². The van der Waals surface area contributed by atoms with Crippen molar-refractivity contribution in [3.05, 3.63) is 33.9 Å². The molecule has 0 aromatic heterocycles. The maximum Gasteiger partial charge on any atom is -0.00457 e. The number of unbranched alkanes of at least 4 members (excludes halogenated alkanes) is 2. The molecule has 1 rings (SSSR count). The van der Waals surface area contributed by atoms with Gasteiger partial charge in [0, 0.05) is 0 Å². The van der Waals surface area contributed by atoms with Gasteiger partial charge in [0.05, 0.1) is 0 Å². The molecule has 0 radical (unpaired) electrons. The van der Waals surface area contributed by atoms with E-state index < -0.39 is 0 Å². The van der Waals surface area contributed by atoms with Gasteiger partial charge < -0.3 is 5.73 Å². The molecule has 0 spiro atoms. The van der Waals surface area contributed by atoms with Crippen LogP contribution < -0.4 is 5.73 Å². The Kier molecular flexibility index (Phi) is 9.16. The number of hydrogen-bond acceptors (Lipinski definition) is 1. The number of aryl methyl sites for hydroxylation is 2. The average molecular weight is 298 g/mol. The molecule has 0 amide bonds. The Labute approximate surface area is 131 Å². The summed E-state index contributed by atoms with van der Waals surface area (Å²) in [5.41, 5.74) is 13.3. The fraction of sp³-hybridized carbons (Fsp3) is 0.667. The summed E-state index contributed by atoms with van der Waals surface area (Å²) in [4.78, 5) is 0. The fourth-order valence-electron chi connectivity index (χ4n) is 2.88. The van der Waals surface area contributed by atoms with Crippen LogP contribution in [-0.2, 0) is 6.42 Å². The Bertz CT molecular complexity index is 386. The number of rotatable bonds is 7. The van der Waals surface area contributed by atoms with Crippen LogP contribution in [0.15, 0.2) is 6.07 Å². The molecule has 0 saturated carbocycles. The van der Waals surface area contributed by atoms with Crippen molar-refractivity contribution >= 4 is 12.4 Å². The van der Waals surface area contributed by atoms with Crippen molar-refractivity contribution in [1.29, 1.82) is 0 Å². The lowest BCUT2D eigenvalue weighted by atomic mass is 9.86. The molecular formula is C18H32ClN. The van der Waals surface area contributed by atoms with Gasteiger partial charge in [-0.05, 0) is 80.8 Å². The van der Waals surface area contributed by atoms with Crippen LogP contribution >= 0.6 is 12.4 Å². The van der Waals surface area contributed by atoms with Crippen molar-refractivity contribution in [2.24, 2.45) is 11.7 Å². The molecule has 1 aromatic carbocycles. The molecule has 0 bridgehead atoms. The maximum absolute atomic E-state index is 5.98. The lowest BCUT2D eigenvalue weighted by molar-refractivity contribution is 0.463. The summed E-state index contributed by atoms with van der Waals surface area (Å²) < 4.78 is 0. The number of halogens is 1. The van der Waals surface area contributed by atoms with E-state index in [0.717, 1.165) is 13.0 Å². The van der Waals surface area contributed by atoms with E-state index in [2.05, 4.69) is 40.7 Å². The highest BCUT2D eigenvalue weighted by Crippen LogP contribution is 2.25. The summed E-state index contributed by atoms with van der Waals surface area (Å²) in [5.74, 6) is 0.644. The van der Waals surface area contributed by atoms with E-state index in [9.17, 15) is 0 Å². The van der Waals surface area contributed by atoms with Crippen molar-refractivity contribution in [1.82, 2.24) is 0 Å². The van der Waals surface area contributed by atoms with Gasteiger partial charge in [0.15, 0.2) is 0 Å². The third kappa shape index (κ3) is 5.10. The zero-order chi connectivity index (χ0) is 14.4. The SMILES string of the molecule is CCCCCC(CN)Cc1c(C)c(C)cc(C)c1C.Cl. The summed E-state index contributed by atoms with van der Waals surface area (Å²) in [6, 6.07) is 2.31. The molecule has 1 atom stereocenters. The first-order valence-electron chi connectivity index (χ1n) is 7.77. The van der Waals surface area contributed by atoms with Gasteiger partial charge in [-0.2, -0.15) is 0 Å². The molecule has 20 heavy (non-hydrogen) atoms. The Balaban J connectivity index is 0.00000361. The second-order valence-electron chi connectivity index (χ2n) is 6.04. The van der Waals surface area contributed by atoms with E-state index >= 15 is 0 Å². The smallest absolute Gasteiger partial charge is 0.00457 e. The van der Waals surface area contributed by atoms with Crippen molar-refractivity contribution < 1.29 is 0 Å². The summed E-state index contributed by atoms with van der Waals surface area (Å²) in [7, 11) is 0. The average Bonchev–Trinajstić information content (AvgIpc) is 2.39. The number of nitrogens with two attached hydrogens (primary N) is 1. The molecule has 1 unspecified atom stereocenters. The van der Waals surface area contributed by atoms with Crippen molar-refractivity contribution in [3.63, 3.8) is 0 Å². The Morgan fingerprint density at radius 2 is 1.55 bits per heavy atom. The van der Waals surface area contributed by atoms with E-state index in [1.165, 1.54) is 47.9 Å². The molecule has 0 aliphatic carbocycles. The van der Waals surface area contributed by atoms with Crippen molar-refractivity contribution in [2.45, 2.75) is 66.7 Å². The van der Waals surface area contributed by atoms with Gasteiger partial charge in [0.2, 0.25) is 0 Å². The zero-order valence-corrected chi connectivity index (χ0v) is 14.7. The second kappa shape index (κ2) is 9.41. The molecule has 0 heterocycles. The predicted octanol–water partition coefficient (Wildman–Crippen LogP) is 5.04. The molecule has 2 heteroatoms. The molecule has 0 aliphatic rings. The summed E-state index contributed by atoms with van der Waals surface area (Å²) in [6.07, 6.45) is 6.37. The van der Waals surface area contributed by atoms with Crippen LogP contribution in [0.2, 0.25) is 0 Å². The minimum absolute atomic E-state index is 0. The predicted molar refractivity (Wildman–Crippen MR) is 93.0 cm³/mol. The number of hydrogen-bond donors (Lipinski definition) is 1. The van der Waals surface area contributed by atoms with E-state index in [0.29, 0.717) is 5.92 Å². The van der Waals surface area contributed by atoms with Crippen LogP contribution in [0.4, 0.5) is 0 Å². The van der Waals surface area contributed by atoms with Crippen LogP contribution in [0.3, 0.4) is 0 Å². The van der Waals surface area contributed by atoms with Crippen LogP contribution in [0.25, 0.3) is 0 Å². The minimum Gasteiger partial charge on any atom is -0.330 e. The normalized spacial score (nSPS) is 12.1. The molecule has 0 fully saturated rings. The summed E-state index contributed by atoms with van der Waals surface area (Å²) >= 11 is 0. The van der Waals surface area contributed by atoms with Crippen LogP contribution in [0, 0.1) is 33.6 Å². The lowest BCUT2D eigenvalue weighted by Crippen LogP contribution is -2.18. The zero-order valence-electron chi connectivity index (χ0n) is 13.9. The minimum atomic E-state index is 0. The molecule has 0 aliphatic heterocycles. The molecule has 2 N–H and O–H groups in total. The maximum atomic E-state index is 5.98. The largest absolute Gasteiger partial charge is 0.330 e. The lowest BCUT2D eigenvalue weighted by Gasteiger charge is -2.20. The Morgan fingerprint density at radius 3 is 2.00 bits per heavy atom. The van der Waals surface area contributed by atoms with Gasteiger partial charge in [-0.3, -0.25) is 0 Å². The molecular weight excluding hydrogens is 266 g/mol. The van der Waals surface area contributed by atoms with E-state index in [4.69, 9.17) is 5.73 Å². The first kappa shape index (κ1) is 19.5. The topological polar surface area (TPSA) is 26.0 Å². The van der Waals surface area contributed by atoms with Gasteiger partial charge in [-0.25, -0.2) is 0 Å². The van der Waals surface area contributed by atoms with Crippen LogP contribution in [0.5, 0.6) is 0 Å². The van der Waals surface area contributed by atoms with Crippen LogP contribution in [-0.4, -0.2) is 6.54 Å². The van der Waals surface area contributed by atoms with Crippen LogP contribution in [0.1, 0.15) is 60.4 Å².